The monoisotopic (exact) mass is 464 g/mol. The topological polar surface area (TPSA) is 75.3 Å². The van der Waals surface area contributed by atoms with Gasteiger partial charge in [0, 0.05) is 17.9 Å². The van der Waals surface area contributed by atoms with E-state index in [2.05, 4.69) is 27.0 Å². The molecule has 2 aromatic carbocycles. The van der Waals surface area contributed by atoms with Gasteiger partial charge < -0.3 is 20.7 Å². The van der Waals surface area contributed by atoms with Gasteiger partial charge in [-0.25, -0.2) is 4.98 Å². The van der Waals surface area contributed by atoms with Crippen LogP contribution in [0.25, 0.3) is 0 Å². The van der Waals surface area contributed by atoms with Crippen molar-refractivity contribution in [2.24, 2.45) is 5.92 Å². The number of anilines is 2. The van der Waals surface area contributed by atoms with Gasteiger partial charge in [-0.05, 0) is 74.2 Å². The second kappa shape index (κ2) is 11.2. The normalized spacial score (nSPS) is 15.0. The molecule has 4 rings (SSSR count). The Kier molecular flexibility index (Phi) is 7.81. The Hall–Kier alpha value is -3.09. The number of nitrogens with zero attached hydrogens (tertiary/aromatic N) is 1. The van der Waals surface area contributed by atoms with Gasteiger partial charge in [0.15, 0.2) is 0 Å². The molecular weight excluding hydrogens is 436 g/mol. The minimum absolute atomic E-state index is 0.158. The second-order valence-corrected chi connectivity index (χ2v) is 8.65. The second-order valence-electron chi connectivity index (χ2n) is 8.22. The van der Waals surface area contributed by atoms with E-state index in [0.29, 0.717) is 22.3 Å². The van der Waals surface area contributed by atoms with Crippen molar-refractivity contribution < 1.29 is 9.53 Å². The molecule has 0 radical (unpaired) electrons. The molecule has 1 fully saturated rings. The van der Waals surface area contributed by atoms with E-state index in [1.165, 1.54) is 6.20 Å². The number of pyridine rings is 1. The number of hydrogen-bond acceptors (Lipinski definition) is 5. The van der Waals surface area contributed by atoms with Crippen LogP contribution in [0.15, 0.2) is 66.9 Å². The summed E-state index contributed by atoms with van der Waals surface area (Å²) in [5.74, 6) is 1.61. The molecule has 1 atom stereocenters. The van der Waals surface area contributed by atoms with Crippen LogP contribution in [0.5, 0.6) is 5.75 Å². The SMILES string of the molecule is COc1ccccc1CC(Nc1ccccc1C(=O)Nc1ccc(Cl)cn1)C1CCNCC1. The summed E-state index contributed by atoms with van der Waals surface area (Å²) in [7, 11) is 1.70. The molecule has 3 N–H and O–H groups in total. The first kappa shape index (κ1) is 23.1. The fourth-order valence-corrected chi connectivity index (χ4v) is 4.44. The zero-order chi connectivity index (χ0) is 23.0. The van der Waals surface area contributed by atoms with E-state index >= 15 is 0 Å². The molecule has 0 bridgehead atoms. The maximum atomic E-state index is 13.1. The van der Waals surface area contributed by atoms with Crippen LogP contribution < -0.4 is 20.7 Å². The van der Waals surface area contributed by atoms with Gasteiger partial charge in [-0.2, -0.15) is 0 Å². The summed E-state index contributed by atoms with van der Waals surface area (Å²) >= 11 is 5.91. The molecular formula is C26H29ClN4O2. The number of nitrogens with one attached hydrogen (secondary N) is 3. The minimum Gasteiger partial charge on any atom is -0.496 e. The molecule has 1 aromatic heterocycles. The van der Waals surface area contributed by atoms with E-state index in [-0.39, 0.29) is 11.9 Å². The molecule has 1 unspecified atom stereocenters. The molecule has 0 saturated carbocycles. The number of benzene rings is 2. The Morgan fingerprint density at radius 2 is 1.88 bits per heavy atom. The standard InChI is InChI=1S/C26H29ClN4O2/c1-33-24-9-5-2-6-19(24)16-23(18-12-14-28-15-13-18)30-22-8-4-3-7-21(22)26(32)31-25-11-10-20(27)17-29-25/h2-11,17-18,23,28,30H,12-16H2,1H3,(H,29,31,32). The third kappa shape index (κ3) is 6.03. The van der Waals surface area contributed by atoms with Gasteiger partial charge in [-0.15, -0.1) is 0 Å². The molecule has 2 heterocycles. The first-order valence-electron chi connectivity index (χ1n) is 11.2. The first-order valence-corrected chi connectivity index (χ1v) is 11.6. The highest BCUT2D eigenvalue weighted by molar-refractivity contribution is 6.30. The zero-order valence-corrected chi connectivity index (χ0v) is 19.4. The maximum absolute atomic E-state index is 13.1. The number of ether oxygens (including phenoxy) is 1. The Morgan fingerprint density at radius 1 is 1.12 bits per heavy atom. The van der Waals surface area contributed by atoms with Crippen molar-refractivity contribution in [3.8, 4) is 5.75 Å². The van der Waals surface area contributed by atoms with Gasteiger partial charge >= 0.3 is 0 Å². The summed E-state index contributed by atoms with van der Waals surface area (Å²) < 4.78 is 5.60. The minimum atomic E-state index is -0.214. The molecule has 1 aliphatic rings. The molecule has 6 nitrogen and oxygen atoms in total. The van der Waals surface area contributed by atoms with Crippen molar-refractivity contribution in [1.29, 1.82) is 0 Å². The Labute approximate surface area is 199 Å². The average Bonchev–Trinajstić information content (AvgIpc) is 2.86. The average molecular weight is 465 g/mol. The van der Waals surface area contributed by atoms with Crippen molar-refractivity contribution in [2.75, 3.05) is 30.8 Å². The van der Waals surface area contributed by atoms with Gasteiger partial charge in [0.1, 0.15) is 11.6 Å². The predicted octanol–water partition coefficient (Wildman–Crippen LogP) is 5.02. The number of hydrogen-bond donors (Lipinski definition) is 3. The summed E-state index contributed by atoms with van der Waals surface area (Å²) in [6.45, 7) is 2.00. The molecule has 0 spiro atoms. The number of methoxy groups -OCH3 is 1. The summed E-state index contributed by atoms with van der Waals surface area (Å²) in [4.78, 5) is 17.3. The van der Waals surface area contributed by atoms with Crippen LogP contribution in [-0.2, 0) is 6.42 Å². The number of carbonyl (C=O) groups is 1. The van der Waals surface area contributed by atoms with Crippen LogP contribution in [0.4, 0.5) is 11.5 Å². The molecule has 1 amide bonds. The first-order chi connectivity index (χ1) is 16.1. The summed E-state index contributed by atoms with van der Waals surface area (Å²) in [5.41, 5.74) is 2.54. The van der Waals surface area contributed by atoms with Crippen molar-refractivity contribution in [1.82, 2.24) is 10.3 Å². The maximum Gasteiger partial charge on any atom is 0.258 e. The molecule has 7 heteroatoms. The lowest BCUT2D eigenvalue weighted by molar-refractivity contribution is 0.102. The number of rotatable bonds is 8. The molecule has 1 saturated heterocycles. The van der Waals surface area contributed by atoms with E-state index in [0.717, 1.165) is 49.4 Å². The van der Waals surface area contributed by atoms with Gasteiger partial charge in [-0.3, -0.25) is 4.79 Å². The lowest BCUT2D eigenvalue weighted by Gasteiger charge is -2.33. The Bertz CT molecular complexity index is 1070. The molecule has 0 aliphatic carbocycles. The lowest BCUT2D eigenvalue weighted by Crippen LogP contribution is -2.39. The number of piperidine rings is 1. The van der Waals surface area contributed by atoms with Gasteiger partial charge in [0.05, 0.1) is 17.7 Å². The number of para-hydroxylation sites is 2. The van der Waals surface area contributed by atoms with Crippen LogP contribution in [0.1, 0.15) is 28.8 Å². The van der Waals surface area contributed by atoms with E-state index in [1.54, 1.807) is 19.2 Å². The summed E-state index contributed by atoms with van der Waals surface area (Å²) in [6.07, 6.45) is 4.48. The van der Waals surface area contributed by atoms with Crippen molar-refractivity contribution in [3.63, 3.8) is 0 Å². The molecule has 3 aromatic rings. The van der Waals surface area contributed by atoms with Crippen LogP contribution in [0.3, 0.4) is 0 Å². The van der Waals surface area contributed by atoms with Crippen LogP contribution in [-0.4, -0.2) is 37.1 Å². The third-order valence-electron chi connectivity index (χ3n) is 6.07. The van der Waals surface area contributed by atoms with E-state index in [1.807, 2.05) is 42.5 Å². The smallest absolute Gasteiger partial charge is 0.258 e. The van der Waals surface area contributed by atoms with Crippen LogP contribution in [0, 0.1) is 5.92 Å². The van der Waals surface area contributed by atoms with Crippen molar-refractivity contribution in [2.45, 2.75) is 25.3 Å². The van der Waals surface area contributed by atoms with Crippen molar-refractivity contribution >= 4 is 29.0 Å². The number of aromatic nitrogens is 1. The summed E-state index contributed by atoms with van der Waals surface area (Å²) in [6, 6.07) is 19.3. The van der Waals surface area contributed by atoms with Gasteiger partial charge in [-0.1, -0.05) is 41.9 Å². The quantitative estimate of drug-likeness (QED) is 0.436. The van der Waals surface area contributed by atoms with Crippen molar-refractivity contribution in [3.05, 3.63) is 83.0 Å². The highest BCUT2D eigenvalue weighted by atomic mass is 35.5. The fraction of sp³-hybridized carbons (Fsp3) is 0.308. The van der Waals surface area contributed by atoms with Gasteiger partial charge in [0.2, 0.25) is 0 Å². The Balaban J connectivity index is 1.58. The number of carbonyl (C=O) groups excluding carboxylic acids is 1. The predicted molar refractivity (Wildman–Crippen MR) is 133 cm³/mol. The lowest BCUT2D eigenvalue weighted by atomic mass is 9.86. The zero-order valence-electron chi connectivity index (χ0n) is 18.7. The molecule has 33 heavy (non-hydrogen) atoms. The largest absolute Gasteiger partial charge is 0.496 e. The number of amides is 1. The van der Waals surface area contributed by atoms with E-state index in [9.17, 15) is 4.79 Å². The van der Waals surface area contributed by atoms with E-state index in [4.69, 9.17) is 16.3 Å². The fourth-order valence-electron chi connectivity index (χ4n) is 4.33. The summed E-state index contributed by atoms with van der Waals surface area (Å²) in [5, 5.41) is 10.5. The highest BCUT2D eigenvalue weighted by Crippen LogP contribution is 2.28. The molecule has 1 aliphatic heterocycles. The highest BCUT2D eigenvalue weighted by Gasteiger charge is 2.26. The van der Waals surface area contributed by atoms with E-state index < -0.39 is 0 Å². The molecule has 172 valence electrons. The van der Waals surface area contributed by atoms with Crippen LogP contribution >= 0.6 is 11.6 Å². The Morgan fingerprint density at radius 3 is 2.64 bits per heavy atom. The van der Waals surface area contributed by atoms with Gasteiger partial charge in [0.25, 0.3) is 5.91 Å². The number of halogens is 1. The van der Waals surface area contributed by atoms with Crippen LogP contribution in [0.2, 0.25) is 5.02 Å². The third-order valence-corrected chi connectivity index (χ3v) is 6.29.